The van der Waals surface area contributed by atoms with Crippen molar-refractivity contribution in [2.45, 2.75) is 19.3 Å². The fraction of sp³-hybridized carbons (Fsp3) is 0.167. The van der Waals surface area contributed by atoms with Crippen molar-refractivity contribution in [3.8, 4) is 6.07 Å². The van der Waals surface area contributed by atoms with E-state index in [2.05, 4.69) is 48.5 Å². The first-order valence-corrected chi connectivity index (χ1v) is 6.62. The van der Waals surface area contributed by atoms with Crippen LogP contribution in [0.4, 0.5) is 0 Å². The fourth-order valence-corrected chi connectivity index (χ4v) is 2.68. The highest BCUT2D eigenvalue weighted by molar-refractivity contribution is 5.44. The zero-order valence-electron chi connectivity index (χ0n) is 10.8. The summed E-state index contributed by atoms with van der Waals surface area (Å²) in [7, 11) is 0. The summed E-state index contributed by atoms with van der Waals surface area (Å²) in [5, 5.41) is 8.82. The number of rotatable bonds is 2. The monoisotopic (exact) mass is 245 g/mol. The smallest absolute Gasteiger partial charge is 0.0991 e. The van der Waals surface area contributed by atoms with Crippen molar-refractivity contribution in [3.63, 3.8) is 0 Å². The molecule has 2 radical (unpaired) electrons. The van der Waals surface area contributed by atoms with Gasteiger partial charge in [0.25, 0.3) is 0 Å². The summed E-state index contributed by atoms with van der Waals surface area (Å²) in [5.74, 6) is 3.02. The summed E-state index contributed by atoms with van der Waals surface area (Å²) >= 11 is 0. The molecule has 0 aliphatic heterocycles. The van der Waals surface area contributed by atoms with Crippen molar-refractivity contribution >= 4 is 0 Å². The van der Waals surface area contributed by atoms with Crippen molar-refractivity contribution in [3.05, 3.63) is 83.1 Å². The Morgan fingerprint density at radius 1 is 0.737 bits per heavy atom. The third kappa shape index (κ3) is 2.53. The minimum atomic E-state index is 0.731. The maximum absolute atomic E-state index is 8.82. The predicted molar refractivity (Wildman–Crippen MR) is 76.1 cm³/mol. The van der Waals surface area contributed by atoms with Crippen LogP contribution in [-0.4, -0.2) is 0 Å². The molecular formula is C18H15N. The van der Waals surface area contributed by atoms with E-state index in [1.807, 2.05) is 12.1 Å². The average Bonchev–Trinajstić information content (AvgIpc) is 2.98. The number of hydrogen-bond donors (Lipinski definition) is 0. The van der Waals surface area contributed by atoms with Crippen LogP contribution in [0.3, 0.4) is 0 Å². The molecule has 92 valence electrons. The van der Waals surface area contributed by atoms with E-state index in [0.29, 0.717) is 0 Å². The molecule has 1 heteroatoms. The SMILES string of the molecule is N#Cc1ccc([C]2CC[C](c3ccccc3)C2)cc1. The van der Waals surface area contributed by atoms with Crippen molar-refractivity contribution in [2.75, 3.05) is 0 Å². The van der Waals surface area contributed by atoms with Gasteiger partial charge in [0.1, 0.15) is 0 Å². The first-order valence-electron chi connectivity index (χ1n) is 6.62. The maximum Gasteiger partial charge on any atom is 0.0991 e. The highest BCUT2D eigenvalue weighted by Gasteiger charge is 2.27. The molecule has 0 amide bonds. The Balaban J connectivity index is 1.73. The Kier molecular flexibility index (Phi) is 3.33. The van der Waals surface area contributed by atoms with Gasteiger partial charge >= 0.3 is 0 Å². The highest BCUT2D eigenvalue weighted by atomic mass is 14.3. The van der Waals surface area contributed by atoms with Crippen LogP contribution in [0.5, 0.6) is 0 Å². The quantitative estimate of drug-likeness (QED) is 0.774. The van der Waals surface area contributed by atoms with Gasteiger partial charge in [-0.3, -0.25) is 0 Å². The van der Waals surface area contributed by atoms with E-state index in [9.17, 15) is 0 Å². The van der Waals surface area contributed by atoms with Crippen LogP contribution in [0.1, 0.15) is 36.0 Å². The molecule has 3 rings (SSSR count). The third-order valence-electron chi connectivity index (χ3n) is 3.76. The number of benzene rings is 2. The van der Waals surface area contributed by atoms with E-state index in [0.717, 1.165) is 24.8 Å². The second-order valence-electron chi connectivity index (χ2n) is 4.94. The van der Waals surface area contributed by atoms with E-state index in [4.69, 9.17) is 5.26 Å². The lowest BCUT2D eigenvalue weighted by atomic mass is 9.93. The van der Waals surface area contributed by atoms with Crippen LogP contribution in [0.15, 0.2) is 54.6 Å². The summed E-state index contributed by atoms with van der Waals surface area (Å²) in [6, 6.07) is 20.8. The van der Waals surface area contributed by atoms with Gasteiger partial charge in [0.05, 0.1) is 11.6 Å². The Morgan fingerprint density at radius 3 is 1.89 bits per heavy atom. The lowest BCUT2D eigenvalue weighted by Crippen LogP contribution is -1.96. The molecule has 2 aromatic rings. The van der Waals surface area contributed by atoms with Crippen molar-refractivity contribution in [2.24, 2.45) is 0 Å². The molecule has 2 aromatic carbocycles. The molecule has 0 N–H and O–H groups in total. The van der Waals surface area contributed by atoms with E-state index >= 15 is 0 Å². The van der Waals surface area contributed by atoms with Gasteiger partial charge in [-0.15, -0.1) is 0 Å². The molecule has 0 bridgehead atoms. The summed E-state index contributed by atoms with van der Waals surface area (Å²) in [6.45, 7) is 0. The molecule has 19 heavy (non-hydrogen) atoms. The van der Waals surface area contributed by atoms with E-state index in [1.165, 1.54) is 23.0 Å². The normalized spacial score (nSPS) is 16.4. The third-order valence-corrected chi connectivity index (χ3v) is 3.76. The summed E-state index contributed by atoms with van der Waals surface area (Å²) < 4.78 is 0. The molecule has 1 aliphatic carbocycles. The molecule has 0 spiro atoms. The molecule has 0 saturated heterocycles. The molecule has 1 fully saturated rings. The van der Waals surface area contributed by atoms with Crippen LogP contribution >= 0.6 is 0 Å². The van der Waals surface area contributed by atoms with Crippen LogP contribution < -0.4 is 0 Å². The highest BCUT2D eigenvalue weighted by Crippen LogP contribution is 2.41. The maximum atomic E-state index is 8.82. The number of nitriles is 1. The van der Waals surface area contributed by atoms with Gasteiger partial charge in [-0.2, -0.15) is 5.26 Å². The van der Waals surface area contributed by atoms with Crippen molar-refractivity contribution in [1.29, 1.82) is 5.26 Å². The predicted octanol–water partition coefficient (Wildman–Crippen LogP) is 4.29. The molecule has 1 nitrogen and oxygen atoms in total. The van der Waals surface area contributed by atoms with Crippen LogP contribution in [0.25, 0.3) is 0 Å². The lowest BCUT2D eigenvalue weighted by Gasteiger charge is -2.11. The van der Waals surface area contributed by atoms with Gasteiger partial charge in [0.15, 0.2) is 0 Å². The van der Waals surface area contributed by atoms with E-state index in [1.54, 1.807) is 0 Å². The molecule has 0 unspecified atom stereocenters. The van der Waals surface area contributed by atoms with Crippen LogP contribution in [0, 0.1) is 23.2 Å². The Bertz CT molecular complexity index is 577. The first kappa shape index (κ1) is 12.0. The standard InChI is InChI=1S/C18H15N/c19-13-14-6-8-16(9-7-14)18-11-10-17(12-18)15-4-2-1-3-5-15/h1-9H,10-12H2. The van der Waals surface area contributed by atoms with Gasteiger partial charge in [0, 0.05) is 11.8 Å². The van der Waals surface area contributed by atoms with Crippen LogP contribution in [0.2, 0.25) is 0 Å². The molecule has 1 saturated carbocycles. The van der Waals surface area contributed by atoms with Gasteiger partial charge < -0.3 is 0 Å². The molecule has 0 atom stereocenters. The molecule has 0 heterocycles. The number of hydrogen-bond acceptors (Lipinski definition) is 1. The minimum absolute atomic E-state index is 0.731. The summed E-state index contributed by atoms with van der Waals surface area (Å²) in [6.07, 6.45) is 3.35. The van der Waals surface area contributed by atoms with E-state index < -0.39 is 0 Å². The van der Waals surface area contributed by atoms with Gasteiger partial charge in [-0.1, -0.05) is 42.5 Å². The zero-order valence-corrected chi connectivity index (χ0v) is 10.8. The van der Waals surface area contributed by atoms with Crippen LogP contribution in [-0.2, 0) is 0 Å². The Labute approximate surface area is 114 Å². The van der Waals surface area contributed by atoms with E-state index in [-0.39, 0.29) is 0 Å². The Hall–Kier alpha value is -2.07. The second-order valence-corrected chi connectivity index (χ2v) is 4.94. The molecule has 1 aliphatic rings. The molecule has 0 aromatic heterocycles. The Morgan fingerprint density at radius 2 is 1.32 bits per heavy atom. The number of nitrogens with zero attached hydrogens (tertiary/aromatic N) is 1. The fourth-order valence-electron chi connectivity index (χ4n) is 2.68. The zero-order chi connectivity index (χ0) is 13.1. The molecular weight excluding hydrogens is 230 g/mol. The van der Waals surface area contributed by atoms with Crippen molar-refractivity contribution < 1.29 is 0 Å². The minimum Gasteiger partial charge on any atom is -0.192 e. The van der Waals surface area contributed by atoms with Gasteiger partial charge in [-0.05, 0) is 42.5 Å². The van der Waals surface area contributed by atoms with Gasteiger partial charge in [0.2, 0.25) is 0 Å². The topological polar surface area (TPSA) is 23.8 Å². The average molecular weight is 245 g/mol. The summed E-state index contributed by atoms with van der Waals surface area (Å²) in [5.41, 5.74) is 3.38. The largest absolute Gasteiger partial charge is 0.192 e. The lowest BCUT2D eigenvalue weighted by molar-refractivity contribution is 0.942. The second kappa shape index (κ2) is 5.28. The first-order chi connectivity index (χ1) is 9.36. The van der Waals surface area contributed by atoms with Crippen molar-refractivity contribution in [1.82, 2.24) is 0 Å². The van der Waals surface area contributed by atoms with Gasteiger partial charge in [-0.25, -0.2) is 0 Å². The summed E-state index contributed by atoms with van der Waals surface area (Å²) in [4.78, 5) is 0.